The highest BCUT2D eigenvalue weighted by atomic mass is 35.5. The fraction of sp³-hybridized carbons (Fsp3) is 0.444. The van der Waals surface area contributed by atoms with E-state index in [-0.39, 0.29) is 5.82 Å². The van der Waals surface area contributed by atoms with E-state index in [0.717, 1.165) is 5.56 Å². The van der Waals surface area contributed by atoms with Gasteiger partial charge in [-0.05, 0) is 24.5 Å². The number of hydrogen-bond acceptors (Lipinski definition) is 1. The van der Waals surface area contributed by atoms with Crippen molar-refractivity contribution in [2.75, 3.05) is 0 Å². The van der Waals surface area contributed by atoms with Crippen molar-refractivity contribution >= 4 is 11.6 Å². The van der Waals surface area contributed by atoms with Crippen molar-refractivity contribution in [1.82, 2.24) is 4.98 Å². The number of halogens is 2. The van der Waals surface area contributed by atoms with Gasteiger partial charge in [-0.15, -0.1) is 0 Å². The van der Waals surface area contributed by atoms with Crippen LogP contribution in [0.4, 0.5) is 4.39 Å². The van der Waals surface area contributed by atoms with Gasteiger partial charge in [0, 0.05) is 0 Å². The SMILES string of the molecule is CCc1cc(F)c(CC)nc1Cl. The topological polar surface area (TPSA) is 12.9 Å². The summed E-state index contributed by atoms with van der Waals surface area (Å²) < 4.78 is 13.1. The Bertz CT molecular complexity index is 256. The summed E-state index contributed by atoms with van der Waals surface area (Å²) in [5.41, 5.74) is 1.21. The van der Waals surface area contributed by atoms with Crippen LogP contribution in [0.1, 0.15) is 25.1 Å². The summed E-state index contributed by atoms with van der Waals surface area (Å²) in [6.07, 6.45) is 1.29. The maximum absolute atomic E-state index is 13.1. The molecule has 0 bridgehead atoms. The number of hydrogen-bond donors (Lipinski definition) is 0. The molecule has 0 N–H and O–H groups in total. The molecule has 1 heterocycles. The fourth-order valence-electron chi connectivity index (χ4n) is 1.04. The minimum atomic E-state index is -0.251. The van der Waals surface area contributed by atoms with Crippen molar-refractivity contribution in [2.45, 2.75) is 26.7 Å². The number of aromatic nitrogens is 1. The van der Waals surface area contributed by atoms with Crippen LogP contribution in [-0.2, 0) is 12.8 Å². The zero-order valence-electron chi connectivity index (χ0n) is 7.19. The largest absolute Gasteiger partial charge is 0.238 e. The highest BCUT2D eigenvalue weighted by molar-refractivity contribution is 6.30. The van der Waals surface area contributed by atoms with Gasteiger partial charge in [-0.2, -0.15) is 0 Å². The van der Waals surface area contributed by atoms with E-state index in [0.29, 0.717) is 23.7 Å². The van der Waals surface area contributed by atoms with Crippen molar-refractivity contribution in [2.24, 2.45) is 0 Å². The zero-order chi connectivity index (χ0) is 9.14. The van der Waals surface area contributed by atoms with Gasteiger partial charge in [0.25, 0.3) is 0 Å². The number of rotatable bonds is 2. The molecule has 1 rings (SSSR count). The van der Waals surface area contributed by atoms with E-state index < -0.39 is 0 Å². The first-order valence-corrected chi connectivity index (χ1v) is 4.40. The number of pyridine rings is 1. The molecular weight excluding hydrogens is 177 g/mol. The van der Waals surface area contributed by atoms with E-state index in [1.807, 2.05) is 13.8 Å². The summed E-state index contributed by atoms with van der Waals surface area (Å²) in [4.78, 5) is 3.95. The number of aryl methyl sites for hydroxylation is 2. The third kappa shape index (κ3) is 1.75. The summed E-state index contributed by atoms with van der Waals surface area (Å²) in [5, 5.41) is 0.427. The Kier molecular flexibility index (Phi) is 3.04. The van der Waals surface area contributed by atoms with Crippen molar-refractivity contribution in [1.29, 1.82) is 0 Å². The lowest BCUT2D eigenvalue weighted by atomic mass is 10.2. The van der Waals surface area contributed by atoms with Crippen LogP contribution in [-0.4, -0.2) is 4.98 Å². The molecule has 1 aromatic heterocycles. The van der Waals surface area contributed by atoms with Gasteiger partial charge in [-0.1, -0.05) is 25.4 Å². The van der Waals surface area contributed by atoms with E-state index in [9.17, 15) is 4.39 Å². The molecule has 3 heteroatoms. The lowest BCUT2D eigenvalue weighted by Crippen LogP contribution is -1.97. The molecule has 1 aromatic rings. The molecule has 0 fully saturated rings. The Balaban J connectivity index is 3.16. The minimum absolute atomic E-state index is 0.251. The van der Waals surface area contributed by atoms with Crippen LogP contribution in [0.2, 0.25) is 5.15 Å². The third-order valence-electron chi connectivity index (χ3n) is 1.79. The first-order valence-electron chi connectivity index (χ1n) is 4.02. The van der Waals surface area contributed by atoms with Crippen LogP contribution in [0.5, 0.6) is 0 Å². The first kappa shape index (κ1) is 9.46. The predicted octanol–water partition coefficient (Wildman–Crippen LogP) is 3.00. The summed E-state index contributed by atoms with van der Waals surface area (Å²) in [6, 6.07) is 1.47. The molecule has 0 aliphatic rings. The van der Waals surface area contributed by atoms with E-state index in [1.165, 1.54) is 6.07 Å². The molecule has 0 radical (unpaired) electrons. The van der Waals surface area contributed by atoms with Crippen LogP contribution in [0, 0.1) is 5.82 Å². The second kappa shape index (κ2) is 3.85. The van der Waals surface area contributed by atoms with Gasteiger partial charge in [0.15, 0.2) is 0 Å². The predicted molar refractivity (Wildman–Crippen MR) is 48.0 cm³/mol. The molecule has 0 aliphatic heterocycles. The van der Waals surface area contributed by atoms with Gasteiger partial charge in [0.1, 0.15) is 11.0 Å². The Labute approximate surface area is 76.6 Å². The highest BCUT2D eigenvalue weighted by Gasteiger charge is 2.06. The van der Waals surface area contributed by atoms with Crippen molar-refractivity contribution in [3.05, 3.63) is 28.3 Å². The fourth-order valence-corrected chi connectivity index (χ4v) is 1.33. The van der Waals surface area contributed by atoms with Crippen LogP contribution < -0.4 is 0 Å². The quantitative estimate of drug-likeness (QED) is 0.649. The zero-order valence-corrected chi connectivity index (χ0v) is 7.95. The first-order chi connectivity index (χ1) is 5.69. The average molecular weight is 188 g/mol. The van der Waals surface area contributed by atoms with Gasteiger partial charge >= 0.3 is 0 Å². The summed E-state index contributed by atoms with van der Waals surface area (Å²) in [7, 11) is 0. The van der Waals surface area contributed by atoms with Crippen molar-refractivity contribution in [3.8, 4) is 0 Å². The molecule has 0 amide bonds. The molecule has 12 heavy (non-hydrogen) atoms. The van der Waals surface area contributed by atoms with E-state index in [2.05, 4.69) is 4.98 Å². The molecule has 0 spiro atoms. The molecular formula is C9H11ClFN. The van der Waals surface area contributed by atoms with Crippen molar-refractivity contribution in [3.63, 3.8) is 0 Å². The maximum Gasteiger partial charge on any atom is 0.145 e. The molecule has 1 nitrogen and oxygen atoms in total. The van der Waals surface area contributed by atoms with E-state index in [1.54, 1.807) is 0 Å². The molecule has 0 atom stereocenters. The molecule has 0 aromatic carbocycles. The van der Waals surface area contributed by atoms with Gasteiger partial charge in [-0.3, -0.25) is 0 Å². The van der Waals surface area contributed by atoms with Crippen LogP contribution in [0.25, 0.3) is 0 Å². The number of nitrogens with zero attached hydrogens (tertiary/aromatic N) is 1. The smallest absolute Gasteiger partial charge is 0.145 e. The molecule has 0 saturated heterocycles. The molecule has 0 saturated carbocycles. The van der Waals surface area contributed by atoms with Gasteiger partial charge in [0.05, 0.1) is 5.69 Å². The Morgan fingerprint density at radius 2 is 2.08 bits per heavy atom. The molecule has 66 valence electrons. The maximum atomic E-state index is 13.1. The van der Waals surface area contributed by atoms with E-state index in [4.69, 9.17) is 11.6 Å². The summed E-state index contributed by atoms with van der Waals surface area (Å²) in [5.74, 6) is -0.251. The van der Waals surface area contributed by atoms with Gasteiger partial charge in [-0.25, -0.2) is 9.37 Å². The van der Waals surface area contributed by atoms with Gasteiger partial charge < -0.3 is 0 Å². The van der Waals surface area contributed by atoms with E-state index >= 15 is 0 Å². The highest BCUT2D eigenvalue weighted by Crippen LogP contribution is 2.17. The minimum Gasteiger partial charge on any atom is -0.238 e. The Morgan fingerprint density at radius 3 is 2.58 bits per heavy atom. The van der Waals surface area contributed by atoms with Gasteiger partial charge in [0.2, 0.25) is 0 Å². The normalized spacial score (nSPS) is 10.3. The lowest BCUT2D eigenvalue weighted by molar-refractivity contribution is 0.599. The average Bonchev–Trinajstić information content (AvgIpc) is 2.08. The Morgan fingerprint density at radius 1 is 1.42 bits per heavy atom. The van der Waals surface area contributed by atoms with Crippen LogP contribution in [0.15, 0.2) is 6.07 Å². The summed E-state index contributed by atoms with van der Waals surface area (Å²) >= 11 is 5.80. The monoisotopic (exact) mass is 187 g/mol. The van der Waals surface area contributed by atoms with Crippen molar-refractivity contribution < 1.29 is 4.39 Å². The lowest BCUT2D eigenvalue weighted by Gasteiger charge is -2.03. The third-order valence-corrected chi connectivity index (χ3v) is 2.12. The van der Waals surface area contributed by atoms with Crippen LogP contribution in [0.3, 0.4) is 0 Å². The second-order valence-electron chi connectivity index (χ2n) is 2.57. The Hall–Kier alpha value is -0.630. The standard InChI is InChI=1S/C9H11ClFN/c1-3-6-5-7(11)8(4-2)12-9(6)10/h5H,3-4H2,1-2H3. The molecule has 0 aliphatic carbocycles. The summed E-state index contributed by atoms with van der Waals surface area (Å²) in [6.45, 7) is 3.78. The second-order valence-corrected chi connectivity index (χ2v) is 2.93. The van der Waals surface area contributed by atoms with Crippen LogP contribution >= 0.6 is 11.6 Å². The molecule has 0 unspecified atom stereocenters.